The summed E-state index contributed by atoms with van der Waals surface area (Å²) in [4.78, 5) is 19.1. The molecule has 1 amide bonds. The van der Waals surface area contributed by atoms with Crippen LogP contribution in [0.25, 0.3) is 0 Å². The molecule has 2 aromatic rings. The summed E-state index contributed by atoms with van der Waals surface area (Å²) in [7, 11) is 0. The molecule has 2 aliphatic heterocycles. The molecule has 0 spiro atoms. The smallest absolute Gasteiger partial charge is 0.221 e. The molecule has 6 heteroatoms. The fourth-order valence-electron chi connectivity index (χ4n) is 4.04. The van der Waals surface area contributed by atoms with E-state index >= 15 is 0 Å². The summed E-state index contributed by atoms with van der Waals surface area (Å²) in [5.74, 6) is 1.25. The molecule has 4 rings (SSSR count). The number of hydrogen-bond acceptors (Lipinski definition) is 5. The normalized spacial score (nSPS) is 25.8. The third-order valence-corrected chi connectivity index (χ3v) is 5.27. The van der Waals surface area contributed by atoms with Gasteiger partial charge in [-0.05, 0) is 23.8 Å². The zero-order valence-corrected chi connectivity index (χ0v) is 14.2. The maximum absolute atomic E-state index is 12.5. The summed E-state index contributed by atoms with van der Waals surface area (Å²) in [6, 6.07) is 7.76. The number of hydrogen-bond donors (Lipinski definition) is 1. The van der Waals surface area contributed by atoms with Crippen LogP contribution in [0.15, 0.2) is 47.3 Å². The Balaban J connectivity index is 1.36. The SMILES string of the molecule is O=C(C[C@]12COC[C@H]1CN(Cc1cccnc1)C2)NCc1ccco1. The van der Waals surface area contributed by atoms with Gasteiger partial charge in [0, 0.05) is 49.8 Å². The van der Waals surface area contributed by atoms with Crippen LogP contribution in [0.1, 0.15) is 17.7 Å². The minimum absolute atomic E-state index is 0.0649. The number of ether oxygens (including phenoxy) is 1. The van der Waals surface area contributed by atoms with Crippen LogP contribution >= 0.6 is 0 Å². The summed E-state index contributed by atoms with van der Waals surface area (Å²) >= 11 is 0. The highest BCUT2D eigenvalue weighted by molar-refractivity contribution is 5.76. The van der Waals surface area contributed by atoms with Gasteiger partial charge in [-0.1, -0.05) is 6.07 Å². The van der Waals surface area contributed by atoms with Crippen LogP contribution in [-0.4, -0.2) is 42.1 Å². The largest absolute Gasteiger partial charge is 0.467 e. The molecule has 25 heavy (non-hydrogen) atoms. The molecule has 4 heterocycles. The van der Waals surface area contributed by atoms with Crippen LogP contribution in [0.5, 0.6) is 0 Å². The lowest BCUT2D eigenvalue weighted by molar-refractivity contribution is -0.124. The van der Waals surface area contributed by atoms with Crippen LogP contribution in [0, 0.1) is 11.3 Å². The van der Waals surface area contributed by atoms with Crippen molar-refractivity contribution in [3.8, 4) is 0 Å². The third kappa shape index (κ3) is 3.60. The lowest BCUT2D eigenvalue weighted by atomic mass is 9.78. The number of carbonyl (C=O) groups is 1. The van der Waals surface area contributed by atoms with Crippen LogP contribution < -0.4 is 5.32 Å². The molecule has 132 valence electrons. The molecule has 0 aliphatic carbocycles. The van der Waals surface area contributed by atoms with Gasteiger partial charge in [0.2, 0.25) is 5.91 Å². The lowest BCUT2D eigenvalue weighted by Gasteiger charge is -2.26. The van der Waals surface area contributed by atoms with Gasteiger partial charge >= 0.3 is 0 Å². The highest BCUT2D eigenvalue weighted by atomic mass is 16.5. The first-order valence-electron chi connectivity index (χ1n) is 8.72. The van der Waals surface area contributed by atoms with Crippen LogP contribution in [0.3, 0.4) is 0 Å². The predicted octanol–water partition coefficient (Wildman–Crippen LogP) is 1.83. The second-order valence-electron chi connectivity index (χ2n) is 7.14. The van der Waals surface area contributed by atoms with Crippen LogP contribution in [0.2, 0.25) is 0 Å². The molecule has 0 radical (unpaired) electrons. The number of rotatable bonds is 6. The van der Waals surface area contributed by atoms with E-state index in [9.17, 15) is 4.79 Å². The first-order valence-corrected chi connectivity index (χ1v) is 8.72. The fourth-order valence-corrected chi connectivity index (χ4v) is 4.04. The van der Waals surface area contributed by atoms with E-state index in [1.807, 2.05) is 24.4 Å². The van der Waals surface area contributed by atoms with Gasteiger partial charge in [-0.15, -0.1) is 0 Å². The molecule has 0 bridgehead atoms. The van der Waals surface area contributed by atoms with E-state index in [2.05, 4.69) is 21.3 Å². The highest BCUT2D eigenvalue weighted by Gasteiger charge is 2.51. The zero-order valence-electron chi connectivity index (χ0n) is 14.2. The van der Waals surface area contributed by atoms with Gasteiger partial charge in [0.1, 0.15) is 5.76 Å². The van der Waals surface area contributed by atoms with E-state index in [0.717, 1.165) is 32.0 Å². The second kappa shape index (κ2) is 6.98. The van der Waals surface area contributed by atoms with Crippen LogP contribution in [0.4, 0.5) is 0 Å². The monoisotopic (exact) mass is 341 g/mol. The minimum atomic E-state index is -0.0740. The molecular weight excluding hydrogens is 318 g/mol. The Kier molecular flexibility index (Phi) is 4.55. The maximum Gasteiger partial charge on any atom is 0.221 e. The van der Waals surface area contributed by atoms with Crippen molar-refractivity contribution in [1.29, 1.82) is 0 Å². The Hall–Kier alpha value is -2.18. The zero-order chi connectivity index (χ0) is 17.1. The van der Waals surface area contributed by atoms with Gasteiger partial charge in [-0.25, -0.2) is 0 Å². The van der Waals surface area contributed by atoms with E-state index in [1.165, 1.54) is 5.56 Å². The van der Waals surface area contributed by atoms with Gasteiger partial charge in [0.25, 0.3) is 0 Å². The van der Waals surface area contributed by atoms with Crippen molar-refractivity contribution in [3.05, 3.63) is 54.2 Å². The van der Waals surface area contributed by atoms with E-state index in [0.29, 0.717) is 25.5 Å². The van der Waals surface area contributed by atoms with Crippen molar-refractivity contribution in [1.82, 2.24) is 15.2 Å². The topological polar surface area (TPSA) is 67.6 Å². The average molecular weight is 341 g/mol. The van der Waals surface area contributed by atoms with Gasteiger partial charge in [-0.3, -0.25) is 14.7 Å². The molecule has 2 saturated heterocycles. The Morgan fingerprint density at radius 1 is 1.40 bits per heavy atom. The second-order valence-corrected chi connectivity index (χ2v) is 7.14. The third-order valence-electron chi connectivity index (χ3n) is 5.27. The summed E-state index contributed by atoms with van der Waals surface area (Å²) in [6.07, 6.45) is 5.82. The average Bonchev–Trinajstić information content (AvgIpc) is 3.30. The van der Waals surface area contributed by atoms with Gasteiger partial charge in [-0.2, -0.15) is 0 Å². The molecule has 2 aromatic heterocycles. The van der Waals surface area contributed by atoms with Crippen molar-refractivity contribution in [2.24, 2.45) is 11.3 Å². The number of nitrogens with zero attached hydrogens (tertiary/aromatic N) is 2. The molecule has 2 aliphatic rings. The van der Waals surface area contributed by atoms with Gasteiger partial charge < -0.3 is 14.5 Å². The van der Waals surface area contributed by atoms with Gasteiger partial charge in [0.15, 0.2) is 0 Å². The maximum atomic E-state index is 12.5. The summed E-state index contributed by atoms with van der Waals surface area (Å²) in [6.45, 7) is 4.58. The first kappa shape index (κ1) is 16.3. The van der Waals surface area contributed by atoms with Crippen molar-refractivity contribution >= 4 is 5.91 Å². The summed E-state index contributed by atoms with van der Waals surface area (Å²) in [5, 5.41) is 2.97. The number of pyridine rings is 1. The van der Waals surface area contributed by atoms with E-state index in [1.54, 1.807) is 12.5 Å². The molecule has 6 nitrogen and oxygen atoms in total. The Morgan fingerprint density at radius 2 is 2.36 bits per heavy atom. The van der Waals surface area contributed by atoms with Gasteiger partial charge in [0.05, 0.1) is 26.0 Å². The number of fused-ring (bicyclic) bond motifs is 1. The number of carbonyl (C=O) groups excluding carboxylic acids is 1. The number of nitrogens with one attached hydrogen (secondary N) is 1. The van der Waals surface area contributed by atoms with E-state index < -0.39 is 0 Å². The fraction of sp³-hybridized carbons (Fsp3) is 0.474. The molecule has 0 saturated carbocycles. The van der Waals surface area contributed by atoms with Crippen molar-refractivity contribution in [2.45, 2.75) is 19.5 Å². The van der Waals surface area contributed by atoms with E-state index in [-0.39, 0.29) is 11.3 Å². The predicted molar refractivity (Wildman–Crippen MR) is 91.4 cm³/mol. The molecular formula is C19H23N3O3. The first-order chi connectivity index (χ1) is 12.2. The van der Waals surface area contributed by atoms with Crippen molar-refractivity contribution in [2.75, 3.05) is 26.3 Å². The van der Waals surface area contributed by atoms with E-state index in [4.69, 9.17) is 9.15 Å². The van der Waals surface area contributed by atoms with Crippen molar-refractivity contribution < 1.29 is 13.9 Å². The highest BCUT2D eigenvalue weighted by Crippen LogP contribution is 2.44. The quantitative estimate of drug-likeness (QED) is 0.868. The van der Waals surface area contributed by atoms with Crippen molar-refractivity contribution in [3.63, 3.8) is 0 Å². The standard InChI is InChI=1S/C19H23N3O3/c23-18(21-9-17-4-2-6-25-17)7-19-13-22(11-16(19)12-24-14-19)10-15-3-1-5-20-8-15/h1-6,8,16H,7,9-14H2,(H,21,23)/t16-,19+/m1/s1. The number of furan rings is 1. The molecule has 2 fully saturated rings. The minimum Gasteiger partial charge on any atom is -0.467 e. The Bertz CT molecular complexity index is 704. The number of aromatic nitrogens is 1. The van der Waals surface area contributed by atoms with Crippen LogP contribution in [-0.2, 0) is 22.6 Å². The number of amides is 1. The molecule has 2 atom stereocenters. The molecule has 0 unspecified atom stereocenters. The molecule has 1 N–H and O–H groups in total. The lowest BCUT2D eigenvalue weighted by Crippen LogP contribution is -2.37. The number of likely N-dealkylation sites (tertiary alicyclic amines) is 1. The molecule has 0 aromatic carbocycles. The summed E-state index contributed by atoms with van der Waals surface area (Å²) in [5.41, 5.74) is 1.14. The summed E-state index contributed by atoms with van der Waals surface area (Å²) < 4.78 is 11.0. The Labute approximate surface area is 147 Å². The Morgan fingerprint density at radius 3 is 3.16 bits per heavy atom.